The molecule has 3 rings (SSSR count). The van der Waals surface area contributed by atoms with E-state index < -0.39 is 0 Å². The maximum atomic E-state index is 4.54. The van der Waals surface area contributed by atoms with Gasteiger partial charge in [0.05, 0.1) is 9.17 Å². The van der Waals surface area contributed by atoms with Crippen molar-refractivity contribution in [3.05, 3.63) is 31.7 Å². The van der Waals surface area contributed by atoms with Crippen LogP contribution in [0.1, 0.15) is 9.75 Å². The fraction of sp³-hybridized carbons (Fsp3) is 0.286. The minimum absolute atomic E-state index is 0.658. The molecule has 0 bridgehead atoms. The van der Waals surface area contributed by atoms with Gasteiger partial charge in [0, 0.05) is 23.3 Å². The zero-order chi connectivity index (χ0) is 14.8. The highest BCUT2D eigenvalue weighted by Gasteiger charge is 2.09. The van der Waals surface area contributed by atoms with Crippen molar-refractivity contribution in [3.8, 4) is 0 Å². The highest BCUT2D eigenvalue weighted by Crippen LogP contribution is 2.29. The van der Waals surface area contributed by atoms with Gasteiger partial charge in [-0.05, 0) is 47.5 Å². The lowest BCUT2D eigenvalue weighted by Crippen LogP contribution is -2.07. The van der Waals surface area contributed by atoms with Crippen molar-refractivity contribution in [2.45, 2.75) is 13.3 Å². The van der Waals surface area contributed by atoms with Crippen LogP contribution in [0.15, 0.2) is 22.0 Å². The lowest BCUT2D eigenvalue weighted by Gasteiger charge is -2.08. The number of rotatable bonds is 5. The van der Waals surface area contributed by atoms with Crippen LogP contribution in [0.25, 0.3) is 10.2 Å². The van der Waals surface area contributed by atoms with Gasteiger partial charge in [0.15, 0.2) is 0 Å². The molecule has 0 amide bonds. The predicted octanol–water partition coefficient (Wildman–Crippen LogP) is 4.52. The second-order valence-corrected chi connectivity index (χ2v) is 8.39. The molecule has 110 valence electrons. The first-order valence-electron chi connectivity index (χ1n) is 6.60. The number of aromatic nitrogens is 2. The molecule has 0 radical (unpaired) electrons. The van der Waals surface area contributed by atoms with Crippen molar-refractivity contribution in [3.63, 3.8) is 0 Å². The van der Waals surface area contributed by atoms with Gasteiger partial charge in [0.25, 0.3) is 0 Å². The van der Waals surface area contributed by atoms with Gasteiger partial charge in [-0.3, -0.25) is 0 Å². The Morgan fingerprint density at radius 2 is 2.10 bits per heavy atom. The van der Waals surface area contributed by atoms with Crippen LogP contribution < -0.4 is 10.6 Å². The van der Waals surface area contributed by atoms with Crippen LogP contribution in [0, 0.1) is 6.92 Å². The van der Waals surface area contributed by atoms with E-state index in [1.54, 1.807) is 22.7 Å². The van der Waals surface area contributed by atoms with Gasteiger partial charge >= 0.3 is 0 Å². The summed E-state index contributed by atoms with van der Waals surface area (Å²) in [6.45, 7) is 2.95. The van der Waals surface area contributed by atoms with E-state index in [0.717, 1.165) is 29.0 Å². The van der Waals surface area contributed by atoms with Crippen LogP contribution in [0.5, 0.6) is 0 Å². The minimum Gasteiger partial charge on any atom is -0.369 e. The average Bonchev–Trinajstić information content (AvgIpc) is 3.03. The summed E-state index contributed by atoms with van der Waals surface area (Å²) in [6.07, 6.45) is 0.986. The molecule has 3 heterocycles. The number of nitrogens with zero attached hydrogens (tertiary/aromatic N) is 2. The molecule has 3 aromatic heterocycles. The Balaban J connectivity index is 1.78. The second kappa shape index (κ2) is 6.29. The Morgan fingerprint density at radius 1 is 1.24 bits per heavy atom. The first kappa shape index (κ1) is 14.7. The zero-order valence-corrected chi connectivity index (χ0v) is 15.0. The average molecular weight is 383 g/mol. The molecule has 21 heavy (non-hydrogen) atoms. The summed E-state index contributed by atoms with van der Waals surface area (Å²) in [4.78, 5) is 12.7. The molecule has 0 aliphatic heterocycles. The Bertz CT molecular complexity index is 766. The van der Waals surface area contributed by atoms with Gasteiger partial charge < -0.3 is 10.6 Å². The number of thiophene rings is 2. The van der Waals surface area contributed by atoms with Crippen LogP contribution >= 0.6 is 38.6 Å². The van der Waals surface area contributed by atoms with E-state index in [2.05, 4.69) is 61.7 Å². The van der Waals surface area contributed by atoms with E-state index in [9.17, 15) is 0 Å². The summed E-state index contributed by atoms with van der Waals surface area (Å²) < 4.78 is 1.17. The molecule has 0 aliphatic carbocycles. The zero-order valence-electron chi connectivity index (χ0n) is 11.7. The Labute approximate surface area is 139 Å². The first-order valence-corrected chi connectivity index (χ1v) is 9.02. The molecule has 0 atom stereocenters. The molecular weight excluding hydrogens is 368 g/mol. The van der Waals surface area contributed by atoms with E-state index in [1.165, 1.54) is 13.5 Å². The van der Waals surface area contributed by atoms with E-state index in [0.29, 0.717) is 5.95 Å². The van der Waals surface area contributed by atoms with Crippen LogP contribution in [0.3, 0.4) is 0 Å². The molecule has 2 N–H and O–H groups in total. The maximum Gasteiger partial charge on any atom is 0.225 e. The predicted molar refractivity (Wildman–Crippen MR) is 95.9 cm³/mol. The quantitative estimate of drug-likeness (QED) is 0.680. The summed E-state index contributed by atoms with van der Waals surface area (Å²) in [5.74, 6) is 1.56. The molecule has 0 fully saturated rings. The topological polar surface area (TPSA) is 49.8 Å². The number of hydrogen-bond acceptors (Lipinski definition) is 6. The number of hydrogen-bond donors (Lipinski definition) is 2. The minimum atomic E-state index is 0.658. The highest BCUT2D eigenvalue weighted by atomic mass is 79.9. The monoisotopic (exact) mass is 382 g/mol. The van der Waals surface area contributed by atoms with Crippen LogP contribution in [-0.2, 0) is 6.42 Å². The smallest absolute Gasteiger partial charge is 0.225 e. The molecule has 0 unspecified atom stereocenters. The Kier molecular flexibility index (Phi) is 4.42. The Hall–Kier alpha value is -1.18. The largest absolute Gasteiger partial charge is 0.369 e. The number of fused-ring (bicyclic) bond motifs is 1. The van der Waals surface area contributed by atoms with E-state index in [1.807, 2.05) is 7.05 Å². The molecule has 0 saturated carbocycles. The summed E-state index contributed by atoms with van der Waals surface area (Å²) in [5, 5.41) is 7.56. The lowest BCUT2D eigenvalue weighted by atomic mass is 10.3. The number of halogens is 1. The van der Waals surface area contributed by atoms with Crippen LogP contribution in [0.2, 0.25) is 0 Å². The first-order chi connectivity index (χ1) is 10.2. The third-order valence-electron chi connectivity index (χ3n) is 3.03. The van der Waals surface area contributed by atoms with Gasteiger partial charge in [-0.15, -0.1) is 22.7 Å². The molecule has 0 aliphatic rings. The molecule has 0 spiro atoms. The second-order valence-electron chi connectivity index (χ2n) is 4.60. The summed E-state index contributed by atoms with van der Waals surface area (Å²) in [7, 11) is 1.84. The molecule has 7 heteroatoms. The van der Waals surface area contributed by atoms with Gasteiger partial charge in [-0.2, -0.15) is 4.98 Å². The molecular formula is C14H15BrN4S2. The molecule has 0 aromatic carbocycles. The van der Waals surface area contributed by atoms with Gasteiger partial charge in [-0.1, -0.05) is 0 Å². The standard InChI is InChI=1S/C14H15BrN4S2/c1-8-7-10-12(18-14(16-2)19-13(10)20-8)17-6-5-9-3-4-11(15)21-9/h3-4,7H,5-6H2,1-2H3,(H2,16,17,18,19). The SMILES string of the molecule is CNc1nc(NCCc2ccc(Br)s2)c2cc(C)sc2n1. The number of anilines is 2. The fourth-order valence-electron chi connectivity index (χ4n) is 2.08. The van der Waals surface area contributed by atoms with Gasteiger partial charge in [0.2, 0.25) is 5.95 Å². The van der Waals surface area contributed by atoms with Crippen molar-refractivity contribution >= 4 is 60.6 Å². The highest BCUT2D eigenvalue weighted by molar-refractivity contribution is 9.11. The number of nitrogens with one attached hydrogen (secondary N) is 2. The molecule has 3 aromatic rings. The maximum absolute atomic E-state index is 4.54. The third-order valence-corrected chi connectivity index (χ3v) is 5.66. The van der Waals surface area contributed by atoms with Gasteiger partial charge in [-0.25, -0.2) is 4.98 Å². The van der Waals surface area contributed by atoms with Crippen molar-refractivity contribution < 1.29 is 0 Å². The van der Waals surface area contributed by atoms with E-state index in [4.69, 9.17) is 0 Å². The van der Waals surface area contributed by atoms with Crippen LogP contribution in [-0.4, -0.2) is 23.6 Å². The molecule has 4 nitrogen and oxygen atoms in total. The van der Waals surface area contributed by atoms with E-state index >= 15 is 0 Å². The van der Waals surface area contributed by atoms with E-state index in [-0.39, 0.29) is 0 Å². The van der Waals surface area contributed by atoms with Crippen molar-refractivity contribution in [1.82, 2.24) is 9.97 Å². The molecule has 0 saturated heterocycles. The van der Waals surface area contributed by atoms with Crippen molar-refractivity contribution in [1.29, 1.82) is 0 Å². The van der Waals surface area contributed by atoms with Crippen molar-refractivity contribution in [2.24, 2.45) is 0 Å². The lowest BCUT2D eigenvalue weighted by molar-refractivity contribution is 1.03. The normalized spacial score (nSPS) is 11.0. The fourth-order valence-corrected chi connectivity index (χ4v) is 4.44. The summed E-state index contributed by atoms with van der Waals surface area (Å²) in [6, 6.07) is 6.38. The third kappa shape index (κ3) is 3.36. The number of aryl methyl sites for hydroxylation is 1. The summed E-state index contributed by atoms with van der Waals surface area (Å²) >= 11 is 6.96. The Morgan fingerprint density at radius 3 is 2.81 bits per heavy atom. The summed E-state index contributed by atoms with van der Waals surface area (Å²) in [5.41, 5.74) is 0. The van der Waals surface area contributed by atoms with Crippen molar-refractivity contribution in [2.75, 3.05) is 24.2 Å². The van der Waals surface area contributed by atoms with Crippen LogP contribution in [0.4, 0.5) is 11.8 Å². The van der Waals surface area contributed by atoms with Gasteiger partial charge in [0.1, 0.15) is 10.6 Å².